The fourth-order valence-corrected chi connectivity index (χ4v) is 4.17. The van der Waals surface area contributed by atoms with Gasteiger partial charge in [0.25, 0.3) is 11.8 Å². The number of ether oxygens (including phenoxy) is 3. The molecule has 1 N–H and O–H groups in total. The summed E-state index contributed by atoms with van der Waals surface area (Å²) in [6.45, 7) is 2.36. The van der Waals surface area contributed by atoms with Crippen molar-refractivity contribution >= 4 is 17.5 Å². The maximum absolute atomic E-state index is 13.3. The van der Waals surface area contributed by atoms with Gasteiger partial charge in [0.05, 0.1) is 21.3 Å². The Morgan fingerprint density at radius 1 is 0.853 bits per heavy atom. The number of rotatable bonds is 7. The summed E-state index contributed by atoms with van der Waals surface area (Å²) in [6, 6.07) is 18.2. The molecule has 7 heteroatoms. The highest BCUT2D eigenvalue weighted by Crippen LogP contribution is 2.34. The second-order valence-electron chi connectivity index (χ2n) is 8.20. The van der Waals surface area contributed by atoms with E-state index < -0.39 is 0 Å². The first-order chi connectivity index (χ1) is 16.4. The summed E-state index contributed by atoms with van der Waals surface area (Å²) in [5.74, 6) is 1.50. The number of benzene rings is 3. The molecule has 0 fully saturated rings. The molecule has 0 unspecified atom stereocenters. The minimum absolute atomic E-state index is 0.0405. The van der Waals surface area contributed by atoms with E-state index in [-0.39, 0.29) is 17.9 Å². The Kier molecular flexibility index (Phi) is 6.72. The lowest BCUT2D eigenvalue weighted by molar-refractivity contribution is 0.0948. The number of carbonyl (C=O) groups is 2. The third-order valence-electron chi connectivity index (χ3n) is 5.99. The van der Waals surface area contributed by atoms with Crippen molar-refractivity contribution in [2.75, 3.05) is 26.2 Å². The zero-order valence-electron chi connectivity index (χ0n) is 19.8. The topological polar surface area (TPSA) is 77.1 Å². The molecule has 176 valence electrons. The number of amides is 2. The van der Waals surface area contributed by atoms with Gasteiger partial charge in [-0.1, -0.05) is 12.1 Å². The van der Waals surface area contributed by atoms with E-state index >= 15 is 0 Å². The third kappa shape index (κ3) is 4.69. The molecule has 3 aromatic carbocycles. The summed E-state index contributed by atoms with van der Waals surface area (Å²) in [5.41, 5.74) is 3.95. The van der Waals surface area contributed by atoms with E-state index in [2.05, 4.69) is 5.32 Å². The lowest BCUT2D eigenvalue weighted by Crippen LogP contribution is -2.35. The molecule has 0 saturated heterocycles. The second kappa shape index (κ2) is 9.87. The minimum Gasteiger partial charge on any atom is -0.497 e. The van der Waals surface area contributed by atoms with E-state index in [4.69, 9.17) is 14.2 Å². The fourth-order valence-electron chi connectivity index (χ4n) is 4.17. The van der Waals surface area contributed by atoms with Gasteiger partial charge in [0.1, 0.15) is 17.2 Å². The molecular formula is C27H28N2O5. The van der Waals surface area contributed by atoms with Crippen LogP contribution in [0.1, 0.15) is 38.8 Å². The molecule has 1 aliphatic rings. The average molecular weight is 461 g/mol. The van der Waals surface area contributed by atoms with Crippen LogP contribution in [0.25, 0.3) is 0 Å². The van der Waals surface area contributed by atoms with Gasteiger partial charge in [0.2, 0.25) is 0 Å². The van der Waals surface area contributed by atoms with Crippen LogP contribution in [-0.4, -0.2) is 39.2 Å². The lowest BCUT2D eigenvalue weighted by Gasteiger charge is -2.23. The van der Waals surface area contributed by atoms with Crippen LogP contribution in [0.4, 0.5) is 5.69 Å². The first-order valence-corrected chi connectivity index (χ1v) is 11.0. The van der Waals surface area contributed by atoms with Gasteiger partial charge >= 0.3 is 0 Å². The van der Waals surface area contributed by atoms with Gasteiger partial charge in [-0.25, -0.2) is 0 Å². The lowest BCUT2D eigenvalue weighted by atomic mass is 10.1. The summed E-state index contributed by atoms with van der Waals surface area (Å²) >= 11 is 0. The third-order valence-corrected chi connectivity index (χ3v) is 5.99. The van der Waals surface area contributed by atoms with Crippen LogP contribution in [0.2, 0.25) is 0 Å². The van der Waals surface area contributed by atoms with Crippen LogP contribution >= 0.6 is 0 Å². The number of methoxy groups -OCH3 is 3. The molecular weight excluding hydrogens is 432 g/mol. The van der Waals surface area contributed by atoms with E-state index in [1.54, 1.807) is 63.8 Å². The zero-order chi connectivity index (χ0) is 24.2. The minimum atomic E-state index is -0.239. The van der Waals surface area contributed by atoms with Gasteiger partial charge in [-0.15, -0.1) is 0 Å². The highest BCUT2D eigenvalue weighted by Gasteiger charge is 2.31. The van der Waals surface area contributed by atoms with Crippen molar-refractivity contribution in [1.82, 2.24) is 5.32 Å². The van der Waals surface area contributed by atoms with Crippen LogP contribution < -0.4 is 24.4 Å². The fraction of sp³-hybridized carbons (Fsp3) is 0.259. The maximum Gasteiger partial charge on any atom is 0.258 e. The SMILES string of the molecule is COc1ccc(C(=O)N2c3cc(CNC(=O)c4cc(OC)cc(OC)c4)ccc3C[C@@H]2C)cc1. The van der Waals surface area contributed by atoms with Gasteiger partial charge in [0.15, 0.2) is 0 Å². The maximum atomic E-state index is 13.3. The quantitative estimate of drug-likeness (QED) is 0.571. The molecule has 0 radical (unpaired) electrons. The Balaban J connectivity index is 1.51. The highest BCUT2D eigenvalue weighted by atomic mass is 16.5. The number of hydrogen-bond acceptors (Lipinski definition) is 5. The number of fused-ring (bicyclic) bond motifs is 1. The monoisotopic (exact) mass is 460 g/mol. The Morgan fingerprint density at radius 3 is 2.12 bits per heavy atom. The van der Waals surface area contributed by atoms with Crippen LogP contribution in [0, 0.1) is 0 Å². The molecule has 1 heterocycles. The van der Waals surface area contributed by atoms with Gasteiger partial charge < -0.3 is 24.4 Å². The van der Waals surface area contributed by atoms with Crippen molar-refractivity contribution in [2.45, 2.75) is 25.9 Å². The number of nitrogens with one attached hydrogen (secondary N) is 1. The van der Waals surface area contributed by atoms with Crippen LogP contribution in [0.15, 0.2) is 60.7 Å². The molecule has 3 aromatic rings. The van der Waals surface area contributed by atoms with Crippen LogP contribution in [0.5, 0.6) is 17.2 Å². The Morgan fingerprint density at radius 2 is 1.50 bits per heavy atom. The van der Waals surface area contributed by atoms with E-state index in [9.17, 15) is 9.59 Å². The molecule has 0 saturated carbocycles. The van der Waals surface area contributed by atoms with Crippen molar-refractivity contribution in [3.8, 4) is 17.2 Å². The smallest absolute Gasteiger partial charge is 0.258 e. The number of carbonyl (C=O) groups excluding carboxylic acids is 2. The van der Waals surface area contributed by atoms with Crippen molar-refractivity contribution in [3.05, 3.63) is 82.9 Å². The molecule has 34 heavy (non-hydrogen) atoms. The summed E-state index contributed by atoms with van der Waals surface area (Å²) in [5, 5.41) is 2.94. The van der Waals surface area contributed by atoms with Crippen LogP contribution in [0.3, 0.4) is 0 Å². The summed E-state index contributed by atoms with van der Waals surface area (Å²) in [4.78, 5) is 27.9. The molecule has 1 atom stereocenters. The van der Waals surface area contributed by atoms with Gasteiger partial charge in [-0.2, -0.15) is 0 Å². The molecule has 1 aliphatic heterocycles. The molecule has 0 aromatic heterocycles. The van der Waals surface area contributed by atoms with Crippen molar-refractivity contribution < 1.29 is 23.8 Å². The normalized spacial score (nSPS) is 14.4. The Hall–Kier alpha value is -4.00. The van der Waals surface area contributed by atoms with Crippen molar-refractivity contribution in [1.29, 1.82) is 0 Å². The molecule has 4 rings (SSSR count). The van der Waals surface area contributed by atoms with E-state index in [1.807, 2.05) is 30.0 Å². The first kappa shape index (κ1) is 23.2. The highest BCUT2D eigenvalue weighted by molar-refractivity contribution is 6.08. The summed E-state index contributed by atoms with van der Waals surface area (Å²) < 4.78 is 15.7. The average Bonchev–Trinajstić information content (AvgIpc) is 3.21. The second-order valence-corrected chi connectivity index (χ2v) is 8.20. The standard InChI is InChI=1S/C27H28N2O5/c1-17-11-20-6-5-18(16-28-26(30)21-13-23(33-3)15-24(14-21)34-4)12-25(20)29(17)27(31)19-7-9-22(32-2)10-8-19/h5-10,12-15,17H,11,16H2,1-4H3,(H,28,30)/t17-/m0/s1. The molecule has 0 bridgehead atoms. The first-order valence-electron chi connectivity index (χ1n) is 11.0. The van der Waals surface area contributed by atoms with E-state index in [0.29, 0.717) is 34.9 Å². The zero-order valence-corrected chi connectivity index (χ0v) is 19.8. The van der Waals surface area contributed by atoms with Crippen molar-refractivity contribution in [2.24, 2.45) is 0 Å². The largest absolute Gasteiger partial charge is 0.497 e. The number of anilines is 1. The Bertz CT molecular complexity index is 1180. The summed E-state index contributed by atoms with van der Waals surface area (Å²) in [6.07, 6.45) is 0.785. The Labute approximate surface area is 199 Å². The predicted octanol–water partition coefficient (Wildman–Crippen LogP) is 4.23. The van der Waals surface area contributed by atoms with Crippen molar-refractivity contribution in [3.63, 3.8) is 0 Å². The molecule has 7 nitrogen and oxygen atoms in total. The number of hydrogen-bond donors (Lipinski definition) is 1. The van der Waals surface area contributed by atoms with Gasteiger partial charge in [-0.05, 0) is 66.9 Å². The number of nitrogens with zero attached hydrogens (tertiary/aromatic N) is 1. The van der Waals surface area contributed by atoms with E-state index in [1.165, 1.54) is 0 Å². The van der Waals surface area contributed by atoms with Gasteiger partial charge in [0, 0.05) is 35.5 Å². The predicted molar refractivity (Wildman–Crippen MR) is 130 cm³/mol. The van der Waals surface area contributed by atoms with E-state index in [0.717, 1.165) is 23.2 Å². The molecule has 0 spiro atoms. The molecule has 2 amide bonds. The molecule has 0 aliphatic carbocycles. The summed E-state index contributed by atoms with van der Waals surface area (Å²) in [7, 11) is 4.68. The van der Waals surface area contributed by atoms with Gasteiger partial charge in [-0.3, -0.25) is 9.59 Å². The van der Waals surface area contributed by atoms with Crippen LogP contribution in [-0.2, 0) is 13.0 Å².